The Morgan fingerprint density at radius 3 is 2.77 bits per heavy atom. The normalized spacial score (nSPS) is 11.5. The van der Waals surface area contributed by atoms with Gasteiger partial charge in [-0.25, -0.2) is 4.39 Å². The first-order chi connectivity index (χ1) is 10.4. The molecule has 2 aromatic rings. The number of aromatic nitrogens is 1. The highest BCUT2D eigenvalue weighted by Crippen LogP contribution is 2.30. The van der Waals surface area contributed by atoms with E-state index in [1.54, 1.807) is 6.92 Å². The summed E-state index contributed by atoms with van der Waals surface area (Å²) in [6.45, 7) is 6.51. The molecule has 22 heavy (non-hydrogen) atoms. The van der Waals surface area contributed by atoms with Crippen LogP contribution in [0.25, 0.3) is 10.9 Å². The number of aliphatic hydroxyl groups excluding tert-OH is 1. The van der Waals surface area contributed by atoms with Crippen molar-refractivity contribution in [2.75, 3.05) is 18.5 Å². The number of hydrogen-bond donors (Lipinski definition) is 2. The van der Waals surface area contributed by atoms with E-state index in [0.29, 0.717) is 35.1 Å². The minimum Gasteiger partial charge on any atom is -0.396 e. The third-order valence-corrected chi connectivity index (χ3v) is 3.78. The first-order valence-electron chi connectivity index (χ1n) is 7.21. The van der Waals surface area contributed by atoms with Gasteiger partial charge >= 0.3 is 0 Å². The van der Waals surface area contributed by atoms with Gasteiger partial charge in [0.2, 0.25) is 0 Å². The zero-order valence-corrected chi connectivity index (χ0v) is 13.1. The Hall–Kier alpha value is -2.19. The molecule has 0 aliphatic carbocycles. The molecule has 0 unspecified atom stereocenters. The predicted molar refractivity (Wildman–Crippen MR) is 85.1 cm³/mol. The lowest BCUT2D eigenvalue weighted by molar-refractivity contribution is 0.220. The van der Waals surface area contributed by atoms with Gasteiger partial charge in [-0.3, -0.25) is 4.98 Å². The van der Waals surface area contributed by atoms with Crippen LogP contribution in [-0.2, 0) is 0 Å². The molecule has 0 bridgehead atoms. The molecular formula is C17H20FN3O. The van der Waals surface area contributed by atoms with Crippen molar-refractivity contribution in [1.29, 1.82) is 5.26 Å². The second-order valence-corrected chi connectivity index (χ2v) is 6.27. The van der Waals surface area contributed by atoms with Crippen LogP contribution in [0.2, 0.25) is 0 Å². The summed E-state index contributed by atoms with van der Waals surface area (Å²) in [5, 5.41) is 22.2. The first kappa shape index (κ1) is 16.2. The lowest BCUT2D eigenvalue weighted by atomic mass is 9.89. The van der Waals surface area contributed by atoms with Gasteiger partial charge in [-0.15, -0.1) is 0 Å². The minimum absolute atomic E-state index is 0.102. The van der Waals surface area contributed by atoms with Crippen molar-refractivity contribution in [2.45, 2.75) is 27.2 Å². The third-order valence-electron chi connectivity index (χ3n) is 3.78. The van der Waals surface area contributed by atoms with E-state index in [1.165, 1.54) is 18.3 Å². The second-order valence-electron chi connectivity index (χ2n) is 6.27. The van der Waals surface area contributed by atoms with E-state index in [4.69, 9.17) is 5.11 Å². The number of nitriles is 1. The molecule has 0 saturated carbocycles. The maximum atomic E-state index is 13.7. The summed E-state index contributed by atoms with van der Waals surface area (Å²) in [4.78, 5) is 4.26. The van der Waals surface area contributed by atoms with Gasteiger partial charge in [0, 0.05) is 24.7 Å². The van der Waals surface area contributed by atoms with Crippen LogP contribution < -0.4 is 5.32 Å². The molecule has 0 fully saturated rings. The fraction of sp³-hybridized carbons (Fsp3) is 0.412. The molecule has 0 spiro atoms. The van der Waals surface area contributed by atoms with Crippen molar-refractivity contribution < 1.29 is 9.50 Å². The Labute approximate surface area is 129 Å². The molecule has 0 radical (unpaired) electrons. The number of aryl methyl sites for hydroxylation is 1. The molecule has 1 heterocycles. The summed E-state index contributed by atoms with van der Waals surface area (Å²) >= 11 is 0. The average molecular weight is 301 g/mol. The lowest BCUT2D eigenvalue weighted by Gasteiger charge is -2.25. The third kappa shape index (κ3) is 3.34. The molecule has 2 rings (SSSR count). The molecule has 5 heteroatoms. The highest BCUT2D eigenvalue weighted by Gasteiger charge is 2.19. The van der Waals surface area contributed by atoms with Gasteiger partial charge in [0.05, 0.1) is 16.8 Å². The van der Waals surface area contributed by atoms with Crippen molar-refractivity contribution >= 4 is 16.6 Å². The van der Waals surface area contributed by atoms with Crippen LogP contribution >= 0.6 is 0 Å². The van der Waals surface area contributed by atoms with Crippen LogP contribution in [0, 0.1) is 29.5 Å². The van der Waals surface area contributed by atoms with Crippen molar-refractivity contribution in [3.05, 3.63) is 35.3 Å². The van der Waals surface area contributed by atoms with E-state index in [9.17, 15) is 9.65 Å². The van der Waals surface area contributed by atoms with Crippen molar-refractivity contribution in [2.24, 2.45) is 5.41 Å². The summed E-state index contributed by atoms with van der Waals surface area (Å²) in [6, 6.07) is 4.93. The van der Waals surface area contributed by atoms with Gasteiger partial charge in [0.15, 0.2) is 0 Å². The van der Waals surface area contributed by atoms with E-state index in [1.807, 2.05) is 13.8 Å². The Bertz CT molecular complexity index is 735. The monoisotopic (exact) mass is 301 g/mol. The SMILES string of the molecule is Cc1cc(F)cc2c(NCC(C)(C)CCO)c(C#N)cnc12. The predicted octanol–water partition coefficient (Wildman–Crippen LogP) is 3.37. The van der Waals surface area contributed by atoms with Crippen LogP contribution in [0.1, 0.15) is 31.4 Å². The van der Waals surface area contributed by atoms with Crippen molar-refractivity contribution in [3.63, 3.8) is 0 Å². The van der Waals surface area contributed by atoms with Gasteiger partial charge in [0.25, 0.3) is 0 Å². The molecule has 4 nitrogen and oxygen atoms in total. The quantitative estimate of drug-likeness (QED) is 0.888. The number of pyridine rings is 1. The van der Waals surface area contributed by atoms with Crippen LogP contribution in [0.15, 0.2) is 18.3 Å². The highest BCUT2D eigenvalue weighted by atomic mass is 19.1. The van der Waals surface area contributed by atoms with Crippen LogP contribution in [0.3, 0.4) is 0 Å². The number of fused-ring (bicyclic) bond motifs is 1. The number of hydrogen-bond acceptors (Lipinski definition) is 4. The molecule has 0 aliphatic rings. The Balaban J connectivity index is 2.49. The minimum atomic E-state index is -0.348. The second kappa shape index (κ2) is 6.29. The summed E-state index contributed by atoms with van der Waals surface area (Å²) in [5.41, 5.74) is 2.26. The zero-order valence-electron chi connectivity index (χ0n) is 13.1. The smallest absolute Gasteiger partial charge is 0.124 e. The fourth-order valence-electron chi connectivity index (χ4n) is 2.43. The molecule has 0 saturated heterocycles. The van der Waals surface area contributed by atoms with E-state index < -0.39 is 0 Å². The highest BCUT2D eigenvalue weighted by molar-refractivity contribution is 5.95. The number of nitrogens with one attached hydrogen (secondary N) is 1. The van der Waals surface area contributed by atoms with Gasteiger partial charge in [-0.2, -0.15) is 5.26 Å². The summed E-state index contributed by atoms with van der Waals surface area (Å²) in [5.74, 6) is -0.348. The fourth-order valence-corrected chi connectivity index (χ4v) is 2.43. The van der Waals surface area contributed by atoms with Crippen molar-refractivity contribution in [1.82, 2.24) is 4.98 Å². The van der Waals surface area contributed by atoms with Crippen LogP contribution in [0.4, 0.5) is 10.1 Å². The summed E-state index contributed by atoms with van der Waals surface area (Å²) in [7, 11) is 0. The molecular weight excluding hydrogens is 281 g/mol. The number of rotatable bonds is 5. The number of benzene rings is 1. The molecule has 0 amide bonds. The number of anilines is 1. The van der Waals surface area contributed by atoms with E-state index in [2.05, 4.69) is 16.4 Å². The van der Waals surface area contributed by atoms with Gasteiger partial charge in [-0.05, 0) is 36.5 Å². The van der Waals surface area contributed by atoms with Crippen LogP contribution in [-0.4, -0.2) is 23.2 Å². The molecule has 116 valence electrons. The largest absolute Gasteiger partial charge is 0.396 e. The Kier molecular flexibility index (Phi) is 4.62. The van der Waals surface area contributed by atoms with E-state index in [0.717, 1.165) is 5.56 Å². The Morgan fingerprint density at radius 1 is 1.41 bits per heavy atom. The first-order valence-corrected chi connectivity index (χ1v) is 7.21. The summed E-state index contributed by atoms with van der Waals surface area (Å²) < 4.78 is 13.7. The van der Waals surface area contributed by atoms with E-state index in [-0.39, 0.29) is 17.8 Å². The van der Waals surface area contributed by atoms with Crippen molar-refractivity contribution in [3.8, 4) is 6.07 Å². The number of halogens is 1. The lowest BCUT2D eigenvalue weighted by Crippen LogP contribution is -2.24. The molecule has 1 aromatic carbocycles. The van der Waals surface area contributed by atoms with Gasteiger partial charge in [0.1, 0.15) is 11.9 Å². The van der Waals surface area contributed by atoms with Gasteiger partial charge < -0.3 is 10.4 Å². The van der Waals surface area contributed by atoms with Gasteiger partial charge in [-0.1, -0.05) is 13.8 Å². The van der Waals surface area contributed by atoms with E-state index >= 15 is 0 Å². The number of aliphatic hydroxyl groups is 1. The topological polar surface area (TPSA) is 68.9 Å². The maximum Gasteiger partial charge on any atom is 0.124 e. The molecule has 0 atom stereocenters. The molecule has 0 aliphatic heterocycles. The average Bonchev–Trinajstić information content (AvgIpc) is 2.44. The van der Waals surface area contributed by atoms with Crippen LogP contribution in [0.5, 0.6) is 0 Å². The standard InChI is InChI=1S/C17H20FN3O/c1-11-6-13(18)7-14-15(11)20-9-12(8-19)16(14)21-10-17(2,3)4-5-22/h6-7,9,22H,4-5,10H2,1-3H3,(H,20,21). The summed E-state index contributed by atoms with van der Waals surface area (Å²) in [6.07, 6.45) is 2.15. The Morgan fingerprint density at radius 2 is 2.14 bits per heavy atom. The molecule has 1 aromatic heterocycles. The zero-order chi connectivity index (χ0) is 16.3. The number of nitrogens with zero attached hydrogens (tertiary/aromatic N) is 2. The molecule has 2 N–H and O–H groups in total. The maximum absolute atomic E-state index is 13.7.